The number of benzene rings is 2. The molecule has 2 amide bonds. The average Bonchev–Trinajstić information content (AvgIpc) is 3.23. The quantitative estimate of drug-likeness (QED) is 0.627. The smallest absolute Gasteiger partial charge is 0.310 e. The van der Waals surface area contributed by atoms with Crippen LogP contribution in [0.5, 0.6) is 0 Å². The van der Waals surface area contributed by atoms with Crippen molar-refractivity contribution in [3.8, 4) is 0 Å². The van der Waals surface area contributed by atoms with Crippen molar-refractivity contribution in [2.75, 3.05) is 23.4 Å². The van der Waals surface area contributed by atoms with E-state index in [0.717, 1.165) is 30.5 Å². The zero-order valence-corrected chi connectivity index (χ0v) is 19.0. The average molecular weight is 475 g/mol. The molecule has 8 heteroatoms. The zero-order chi connectivity index (χ0) is 22.7. The van der Waals surface area contributed by atoms with E-state index in [9.17, 15) is 14.4 Å². The third kappa shape index (κ3) is 4.92. The molecule has 2 aromatic rings. The predicted octanol–water partition coefficient (Wildman–Crippen LogP) is 4.87. The van der Waals surface area contributed by atoms with Crippen molar-refractivity contribution in [3.63, 3.8) is 0 Å². The van der Waals surface area contributed by atoms with Crippen LogP contribution in [0.15, 0.2) is 42.5 Å². The lowest BCUT2D eigenvalue weighted by atomic mass is 9.78. The standard InChI is InChI=1S/C24H24Cl2N2O4/c25-19-10-9-16(13-20(19)26)27-22(29)14-32-24(31)18-7-3-2-6-17(18)23(30)28-12-11-15-5-1-4-8-21(15)28/h1,4-5,8-10,13,17-18H,2-3,6-7,11-12,14H2,(H,27,29)/t17-,18+/m1/s1. The molecule has 6 nitrogen and oxygen atoms in total. The van der Waals surface area contributed by atoms with Gasteiger partial charge in [-0.05, 0) is 49.1 Å². The number of hydrogen-bond donors (Lipinski definition) is 1. The van der Waals surface area contributed by atoms with Crippen LogP contribution in [-0.4, -0.2) is 30.9 Å². The largest absolute Gasteiger partial charge is 0.455 e. The van der Waals surface area contributed by atoms with Gasteiger partial charge in [0.15, 0.2) is 6.61 Å². The number of anilines is 2. The molecule has 2 aliphatic rings. The molecular formula is C24H24Cl2N2O4. The molecule has 0 aromatic heterocycles. The first-order valence-corrected chi connectivity index (χ1v) is 11.5. The minimum absolute atomic E-state index is 0.0307. The molecule has 1 saturated carbocycles. The van der Waals surface area contributed by atoms with Crippen molar-refractivity contribution in [1.29, 1.82) is 0 Å². The molecule has 1 aliphatic carbocycles. The summed E-state index contributed by atoms with van der Waals surface area (Å²) in [5, 5.41) is 3.32. The monoisotopic (exact) mass is 474 g/mol. The Bertz CT molecular complexity index is 1040. The molecule has 0 bridgehead atoms. The van der Waals surface area contributed by atoms with Gasteiger partial charge in [-0.1, -0.05) is 54.2 Å². The Morgan fingerprint density at radius 3 is 2.53 bits per heavy atom. The van der Waals surface area contributed by atoms with Crippen molar-refractivity contribution < 1.29 is 19.1 Å². The van der Waals surface area contributed by atoms with Crippen LogP contribution >= 0.6 is 23.2 Å². The Kier molecular flexibility index (Phi) is 7.01. The third-order valence-corrected chi connectivity index (χ3v) is 6.83. The maximum absolute atomic E-state index is 13.3. The van der Waals surface area contributed by atoms with E-state index < -0.39 is 30.3 Å². The first kappa shape index (κ1) is 22.6. The van der Waals surface area contributed by atoms with Gasteiger partial charge in [-0.25, -0.2) is 0 Å². The Morgan fingerprint density at radius 1 is 1.00 bits per heavy atom. The number of carbonyl (C=O) groups is 3. The molecule has 168 valence electrons. The van der Waals surface area contributed by atoms with Crippen LogP contribution in [0.25, 0.3) is 0 Å². The van der Waals surface area contributed by atoms with E-state index in [2.05, 4.69) is 5.32 Å². The highest BCUT2D eigenvalue weighted by Gasteiger charge is 2.40. The van der Waals surface area contributed by atoms with E-state index in [1.54, 1.807) is 17.0 Å². The molecule has 0 radical (unpaired) electrons. The van der Waals surface area contributed by atoms with Crippen molar-refractivity contribution in [2.45, 2.75) is 32.1 Å². The summed E-state index contributed by atoms with van der Waals surface area (Å²) >= 11 is 11.8. The van der Waals surface area contributed by atoms with Crippen molar-refractivity contribution in [3.05, 3.63) is 58.1 Å². The summed E-state index contributed by atoms with van der Waals surface area (Å²) in [7, 11) is 0. The lowest BCUT2D eigenvalue weighted by molar-refractivity contribution is -0.156. The Labute approximate surface area is 196 Å². The number of esters is 1. The number of ether oxygens (including phenoxy) is 1. The Morgan fingerprint density at radius 2 is 1.75 bits per heavy atom. The van der Waals surface area contributed by atoms with Crippen LogP contribution in [0.2, 0.25) is 10.0 Å². The van der Waals surface area contributed by atoms with E-state index in [1.807, 2.05) is 24.3 Å². The predicted molar refractivity (Wildman–Crippen MR) is 124 cm³/mol. The van der Waals surface area contributed by atoms with Crippen LogP contribution in [0, 0.1) is 11.8 Å². The van der Waals surface area contributed by atoms with E-state index in [1.165, 1.54) is 6.07 Å². The summed E-state index contributed by atoms with van der Waals surface area (Å²) in [4.78, 5) is 40.2. The molecular weight excluding hydrogens is 451 g/mol. The van der Waals surface area contributed by atoms with Gasteiger partial charge < -0.3 is 15.0 Å². The van der Waals surface area contributed by atoms with Crippen LogP contribution in [0.1, 0.15) is 31.2 Å². The molecule has 1 N–H and O–H groups in total. The molecule has 1 fully saturated rings. The number of hydrogen-bond acceptors (Lipinski definition) is 4. The van der Waals surface area contributed by atoms with Gasteiger partial charge in [0, 0.05) is 17.9 Å². The number of rotatable bonds is 5. The van der Waals surface area contributed by atoms with Crippen molar-refractivity contribution in [1.82, 2.24) is 0 Å². The molecule has 0 saturated heterocycles. The zero-order valence-electron chi connectivity index (χ0n) is 17.5. The summed E-state index contributed by atoms with van der Waals surface area (Å²) in [6, 6.07) is 12.6. The topological polar surface area (TPSA) is 75.7 Å². The SMILES string of the molecule is O=C(COC(=O)[C@H]1CCCC[C@H]1C(=O)N1CCc2ccccc21)Nc1ccc(Cl)c(Cl)c1. The highest BCUT2D eigenvalue weighted by atomic mass is 35.5. The molecule has 32 heavy (non-hydrogen) atoms. The molecule has 2 atom stereocenters. The molecule has 0 spiro atoms. The Hall–Kier alpha value is -2.57. The van der Waals surface area contributed by atoms with Crippen LogP contribution in [-0.2, 0) is 25.5 Å². The summed E-state index contributed by atoms with van der Waals surface area (Å²) < 4.78 is 5.30. The summed E-state index contributed by atoms with van der Waals surface area (Å²) in [6.45, 7) is 0.200. The second-order valence-corrected chi connectivity index (χ2v) is 8.97. The van der Waals surface area contributed by atoms with Crippen LogP contribution in [0.4, 0.5) is 11.4 Å². The second-order valence-electron chi connectivity index (χ2n) is 8.15. The normalized spacial score (nSPS) is 19.9. The van der Waals surface area contributed by atoms with Crippen molar-refractivity contribution >= 4 is 52.4 Å². The van der Waals surface area contributed by atoms with E-state index >= 15 is 0 Å². The van der Waals surface area contributed by atoms with Crippen LogP contribution < -0.4 is 10.2 Å². The van der Waals surface area contributed by atoms with Gasteiger partial charge in [0.1, 0.15) is 0 Å². The number of nitrogens with one attached hydrogen (secondary N) is 1. The maximum atomic E-state index is 13.3. The summed E-state index contributed by atoms with van der Waals surface area (Å²) in [5.74, 6) is -1.98. The van der Waals surface area contributed by atoms with E-state index in [-0.39, 0.29) is 5.91 Å². The number of para-hydroxylation sites is 1. The number of nitrogens with zero attached hydrogens (tertiary/aromatic N) is 1. The minimum atomic E-state index is -0.540. The molecule has 0 unspecified atom stereocenters. The first-order chi connectivity index (χ1) is 15.4. The third-order valence-electron chi connectivity index (χ3n) is 6.09. The number of fused-ring (bicyclic) bond motifs is 1. The number of halogens is 2. The van der Waals surface area contributed by atoms with Gasteiger partial charge in [0.2, 0.25) is 5.91 Å². The molecule has 1 aliphatic heterocycles. The van der Waals surface area contributed by atoms with E-state index in [4.69, 9.17) is 27.9 Å². The van der Waals surface area contributed by atoms with Gasteiger partial charge >= 0.3 is 5.97 Å². The van der Waals surface area contributed by atoms with Gasteiger partial charge in [-0.15, -0.1) is 0 Å². The Balaban J connectivity index is 1.37. The lowest BCUT2D eigenvalue weighted by Gasteiger charge is -2.32. The fourth-order valence-corrected chi connectivity index (χ4v) is 4.79. The fraction of sp³-hybridized carbons (Fsp3) is 0.375. The second kappa shape index (κ2) is 9.92. The molecule has 1 heterocycles. The molecule has 2 aromatic carbocycles. The van der Waals surface area contributed by atoms with Gasteiger partial charge in [-0.3, -0.25) is 14.4 Å². The van der Waals surface area contributed by atoms with Crippen LogP contribution in [0.3, 0.4) is 0 Å². The number of amides is 2. The highest BCUT2D eigenvalue weighted by molar-refractivity contribution is 6.42. The van der Waals surface area contributed by atoms with Crippen molar-refractivity contribution in [2.24, 2.45) is 11.8 Å². The fourth-order valence-electron chi connectivity index (χ4n) is 4.49. The van der Waals surface area contributed by atoms with E-state index in [0.29, 0.717) is 35.1 Å². The van der Waals surface area contributed by atoms with Gasteiger partial charge in [-0.2, -0.15) is 0 Å². The van der Waals surface area contributed by atoms with Gasteiger partial charge in [0.25, 0.3) is 5.91 Å². The lowest BCUT2D eigenvalue weighted by Crippen LogP contribution is -2.42. The molecule has 4 rings (SSSR count). The summed E-state index contributed by atoms with van der Waals surface area (Å²) in [5.41, 5.74) is 2.53. The maximum Gasteiger partial charge on any atom is 0.310 e. The number of carbonyl (C=O) groups excluding carboxylic acids is 3. The van der Waals surface area contributed by atoms with Gasteiger partial charge in [0.05, 0.1) is 21.9 Å². The highest BCUT2D eigenvalue weighted by Crippen LogP contribution is 2.36. The first-order valence-electron chi connectivity index (χ1n) is 10.7. The minimum Gasteiger partial charge on any atom is -0.455 e. The summed E-state index contributed by atoms with van der Waals surface area (Å²) in [6.07, 6.45) is 3.80.